The summed E-state index contributed by atoms with van der Waals surface area (Å²) < 4.78 is 30.5. The molecule has 0 spiro atoms. The van der Waals surface area contributed by atoms with E-state index in [4.69, 9.17) is 5.73 Å². The van der Waals surface area contributed by atoms with Crippen molar-refractivity contribution in [3.8, 4) is 10.6 Å². The van der Waals surface area contributed by atoms with Gasteiger partial charge in [0.1, 0.15) is 5.82 Å². The maximum Gasteiger partial charge on any atom is 0.254 e. The number of thiophene rings is 1. The van der Waals surface area contributed by atoms with Crippen molar-refractivity contribution in [2.75, 3.05) is 6.54 Å². The Hall–Kier alpha value is -2.58. The summed E-state index contributed by atoms with van der Waals surface area (Å²) in [6.45, 7) is -0.466. The first-order valence-electron chi connectivity index (χ1n) is 7.94. The zero-order valence-electron chi connectivity index (χ0n) is 14.1. The van der Waals surface area contributed by atoms with Gasteiger partial charge in [0.15, 0.2) is 5.79 Å². The third kappa shape index (κ3) is 3.81. The Kier molecular flexibility index (Phi) is 5.15. The molecule has 3 N–H and O–H groups in total. The molecule has 0 aliphatic rings. The molecule has 136 valence electrons. The largest absolute Gasteiger partial charge is 0.326 e. The van der Waals surface area contributed by atoms with Crippen LogP contribution in [0.5, 0.6) is 0 Å². The van der Waals surface area contributed by atoms with Gasteiger partial charge >= 0.3 is 0 Å². The number of aryl methyl sites for hydroxylation is 1. The number of hydrogen-bond donors (Lipinski definition) is 2. The van der Waals surface area contributed by atoms with Gasteiger partial charge in [0.05, 0.1) is 16.1 Å². The normalized spacial score (nSPS) is 13.4. The number of hydrogen-bond acceptors (Lipinski definition) is 4. The maximum atomic E-state index is 15.0. The van der Waals surface area contributed by atoms with Crippen LogP contribution in [0.25, 0.3) is 10.6 Å². The molecule has 8 heteroatoms. The Labute approximate surface area is 153 Å². The van der Waals surface area contributed by atoms with Gasteiger partial charge in [-0.25, -0.2) is 8.78 Å². The third-order valence-electron chi connectivity index (χ3n) is 4.02. The molecule has 0 bridgehead atoms. The Morgan fingerprint density at radius 3 is 2.81 bits per heavy atom. The van der Waals surface area contributed by atoms with E-state index in [1.165, 1.54) is 29.5 Å². The van der Waals surface area contributed by atoms with Gasteiger partial charge < -0.3 is 11.1 Å². The lowest BCUT2D eigenvalue weighted by Gasteiger charge is -2.25. The Morgan fingerprint density at radius 1 is 1.38 bits per heavy atom. The molecular weight excluding hydrogens is 358 g/mol. The van der Waals surface area contributed by atoms with Gasteiger partial charge in [-0.1, -0.05) is 18.2 Å². The van der Waals surface area contributed by atoms with E-state index in [-0.39, 0.29) is 12.0 Å². The average Bonchev–Trinajstić information content (AvgIpc) is 3.25. The van der Waals surface area contributed by atoms with Gasteiger partial charge in [0.25, 0.3) is 5.91 Å². The molecule has 0 saturated carbocycles. The van der Waals surface area contributed by atoms with Crippen molar-refractivity contribution in [1.82, 2.24) is 15.1 Å². The standard InChI is InChI=1S/C18H18F2N4OS/c1-24-15(6-7-22-24)16-8-13(10-26-16)17(25)23-18(20,11-21)9-12-4-2-3-5-14(12)19/h2-8,10H,9,11,21H2,1H3,(H,23,25). The smallest absolute Gasteiger partial charge is 0.254 e. The number of alkyl halides is 1. The van der Waals surface area contributed by atoms with E-state index in [1.807, 2.05) is 6.07 Å². The molecule has 26 heavy (non-hydrogen) atoms. The fraction of sp³-hybridized carbons (Fsp3) is 0.222. The second kappa shape index (κ2) is 7.35. The fourth-order valence-electron chi connectivity index (χ4n) is 2.59. The number of benzene rings is 1. The first kappa shape index (κ1) is 18.2. The molecule has 0 aliphatic carbocycles. The van der Waals surface area contributed by atoms with Crippen LogP contribution in [0.15, 0.2) is 48.0 Å². The molecule has 1 atom stereocenters. The Morgan fingerprint density at radius 2 is 2.15 bits per heavy atom. The van der Waals surface area contributed by atoms with Crippen molar-refractivity contribution in [3.05, 3.63) is 64.9 Å². The second-order valence-electron chi connectivity index (χ2n) is 5.93. The molecule has 1 unspecified atom stereocenters. The highest BCUT2D eigenvalue weighted by Crippen LogP contribution is 2.27. The van der Waals surface area contributed by atoms with Gasteiger partial charge in [-0.2, -0.15) is 5.10 Å². The topological polar surface area (TPSA) is 72.9 Å². The first-order valence-corrected chi connectivity index (χ1v) is 8.81. The van der Waals surface area contributed by atoms with Gasteiger partial charge in [-0.05, 0) is 23.8 Å². The van der Waals surface area contributed by atoms with Crippen molar-refractivity contribution in [2.45, 2.75) is 12.2 Å². The van der Waals surface area contributed by atoms with Crippen LogP contribution in [0, 0.1) is 5.82 Å². The number of nitrogens with zero attached hydrogens (tertiary/aromatic N) is 2. The van der Waals surface area contributed by atoms with Crippen molar-refractivity contribution in [3.63, 3.8) is 0 Å². The van der Waals surface area contributed by atoms with Crippen LogP contribution in [-0.2, 0) is 13.5 Å². The highest BCUT2D eigenvalue weighted by Gasteiger charge is 2.32. The predicted octanol–water partition coefficient (Wildman–Crippen LogP) is 2.88. The number of amides is 1. The van der Waals surface area contributed by atoms with Crippen LogP contribution in [0.1, 0.15) is 15.9 Å². The Bertz CT molecular complexity index is 923. The van der Waals surface area contributed by atoms with Crippen LogP contribution in [0.2, 0.25) is 0 Å². The van der Waals surface area contributed by atoms with E-state index in [1.54, 1.807) is 35.4 Å². The zero-order chi connectivity index (χ0) is 18.7. The molecule has 0 fully saturated rings. The quantitative estimate of drug-likeness (QED) is 0.650. The number of carbonyl (C=O) groups is 1. The molecule has 5 nitrogen and oxygen atoms in total. The summed E-state index contributed by atoms with van der Waals surface area (Å²) in [5.41, 5.74) is 6.83. The summed E-state index contributed by atoms with van der Waals surface area (Å²) in [5, 5.41) is 8.02. The summed E-state index contributed by atoms with van der Waals surface area (Å²) in [7, 11) is 1.80. The number of nitrogens with two attached hydrogens (primary N) is 1. The van der Waals surface area contributed by atoms with E-state index in [0.29, 0.717) is 5.56 Å². The van der Waals surface area contributed by atoms with Crippen molar-refractivity contribution >= 4 is 17.2 Å². The number of halogens is 2. The zero-order valence-corrected chi connectivity index (χ0v) is 14.9. The molecule has 2 aromatic heterocycles. The molecule has 1 aromatic carbocycles. The van der Waals surface area contributed by atoms with E-state index < -0.39 is 24.1 Å². The van der Waals surface area contributed by atoms with E-state index in [9.17, 15) is 9.18 Å². The van der Waals surface area contributed by atoms with E-state index in [2.05, 4.69) is 10.4 Å². The SMILES string of the molecule is Cn1nccc1-c1cc(C(=O)NC(F)(CN)Cc2ccccc2F)cs1. The molecule has 0 radical (unpaired) electrons. The highest BCUT2D eigenvalue weighted by molar-refractivity contribution is 7.13. The monoisotopic (exact) mass is 376 g/mol. The van der Waals surface area contributed by atoms with Crippen LogP contribution in [-0.4, -0.2) is 28.0 Å². The van der Waals surface area contributed by atoms with Crippen LogP contribution >= 0.6 is 11.3 Å². The number of carbonyl (C=O) groups excluding carboxylic acids is 1. The molecule has 2 heterocycles. The van der Waals surface area contributed by atoms with E-state index >= 15 is 4.39 Å². The molecule has 0 aliphatic heterocycles. The first-order chi connectivity index (χ1) is 12.4. The molecule has 1 amide bonds. The minimum atomic E-state index is -2.24. The lowest BCUT2D eigenvalue weighted by atomic mass is 10.0. The maximum absolute atomic E-state index is 15.0. The fourth-order valence-corrected chi connectivity index (χ4v) is 3.54. The molecular formula is C18H18F2N4OS. The van der Waals surface area contributed by atoms with Crippen molar-refractivity contribution in [1.29, 1.82) is 0 Å². The van der Waals surface area contributed by atoms with Crippen molar-refractivity contribution < 1.29 is 13.6 Å². The summed E-state index contributed by atoms with van der Waals surface area (Å²) in [4.78, 5) is 13.3. The summed E-state index contributed by atoms with van der Waals surface area (Å²) in [5.74, 6) is -3.38. The van der Waals surface area contributed by atoms with Crippen LogP contribution in [0.4, 0.5) is 8.78 Å². The minimum absolute atomic E-state index is 0.154. The third-order valence-corrected chi connectivity index (χ3v) is 4.98. The van der Waals surface area contributed by atoms with Crippen LogP contribution in [0.3, 0.4) is 0 Å². The lowest BCUT2D eigenvalue weighted by molar-refractivity contribution is 0.0727. The summed E-state index contributed by atoms with van der Waals surface area (Å²) >= 11 is 1.35. The van der Waals surface area contributed by atoms with Gasteiger partial charge in [0.2, 0.25) is 0 Å². The number of rotatable bonds is 6. The number of aromatic nitrogens is 2. The highest BCUT2D eigenvalue weighted by atomic mass is 32.1. The van der Waals surface area contributed by atoms with Crippen LogP contribution < -0.4 is 11.1 Å². The Balaban J connectivity index is 1.76. The minimum Gasteiger partial charge on any atom is -0.326 e. The lowest BCUT2D eigenvalue weighted by Crippen LogP contribution is -2.51. The second-order valence-corrected chi connectivity index (χ2v) is 6.84. The van der Waals surface area contributed by atoms with Gasteiger partial charge in [-0.15, -0.1) is 11.3 Å². The van der Waals surface area contributed by atoms with Gasteiger partial charge in [0, 0.05) is 31.6 Å². The molecule has 0 saturated heterocycles. The average molecular weight is 376 g/mol. The molecule has 3 aromatic rings. The van der Waals surface area contributed by atoms with Gasteiger partial charge in [-0.3, -0.25) is 9.48 Å². The summed E-state index contributed by atoms with van der Waals surface area (Å²) in [6.07, 6.45) is 1.31. The molecule has 3 rings (SSSR count). The number of nitrogens with one attached hydrogen (secondary N) is 1. The van der Waals surface area contributed by atoms with Crippen molar-refractivity contribution in [2.24, 2.45) is 12.8 Å². The summed E-state index contributed by atoms with van der Waals surface area (Å²) in [6, 6.07) is 9.33. The predicted molar refractivity (Wildman–Crippen MR) is 97.0 cm³/mol. The van der Waals surface area contributed by atoms with E-state index in [0.717, 1.165) is 10.6 Å².